The van der Waals surface area contributed by atoms with Crippen LogP contribution in [0, 0.1) is 0 Å². The molecule has 0 saturated heterocycles. The van der Waals surface area contributed by atoms with E-state index >= 15 is 0 Å². The third-order valence-corrected chi connectivity index (χ3v) is 10.6. The normalized spacial score (nSPS) is 12.3. The molecule has 12 heteroatoms. The van der Waals surface area contributed by atoms with Crippen LogP contribution in [0.2, 0.25) is 0 Å². The molecule has 0 heterocycles. The first-order valence-electron chi connectivity index (χ1n) is 24.8. The van der Waals surface area contributed by atoms with Crippen molar-refractivity contribution in [2.45, 2.75) is 238 Å². The van der Waals surface area contributed by atoms with Gasteiger partial charge in [0.15, 0.2) is 5.78 Å². The van der Waals surface area contributed by atoms with E-state index in [1.165, 1.54) is 20.0 Å². The summed E-state index contributed by atoms with van der Waals surface area (Å²) in [5.74, 6) is -1.49. The van der Waals surface area contributed by atoms with Gasteiger partial charge in [-0.15, -0.1) is 0 Å². The molecule has 0 aromatic carbocycles. The Bertz CT molecular complexity index is 1140. The minimum absolute atomic E-state index is 0.00446. The Morgan fingerprint density at radius 1 is 0.413 bits per heavy atom. The van der Waals surface area contributed by atoms with Crippen molar-refractivity contribution in [2.24, 2.45) is 0 Å². The van der Waals surface area contributed by atoms with Crippen LogP contribution in [-0.2, 0) is 57.2 Å². The summed E-state index contributed by atoms with van der Waals surface area (Å²) >= 11 is 0. The summed E-state index contributed by atoms with van der Waals surface area (Å²) in [4.78, 5) is 72.1. The van der Waals surface area contributed by atoms with Gasteiger partial charge in [-0.3, -0.25) is 28.8 Å². The van der Waals surface area contributed by atoms with Crippen molar-refractivity contribution in [2.75, 3.05) is 27.1 Å². The van der Waals surface area contributed by atoms with Crippen molar-refractivity contribution in [3.8, 4) is 0 Å². The van der Waals surface area contributed by atoms with Crippen molar-refractivity contribution in [3.63, 3.8) is 0 Å². The summed E-state index contributed by atoms with van der Waals surface area (Å²) in [6.45, 7) is 6.20. The number of unbranched alkanes of at least 4 members (excludes halogenated alkanes) is 16. The number of carbonyl (C=O) groups excluding carboxylic acids is 6. The molecule has 0 rings (SSSR count). The Morgan fingerprint density at radius 2 is 0.810 bits per heavy atom. The summed E-state index contributed by atoms with van der Waals surface area (Å²) in [7, 11) is 1.49. The summed E-state index contributed by atoms with van der Waals surface area (Å²) in [5.41, 5.74) is 0. The van der Waals surface area contributed by atoms with Crippen LogP contribution in [0.4, 0.5) is 0 Å². The van der Waals surface area contributed by atoms with Gasteiger partial charge in [-0.1, -0.05) is 115 Å². The molecule has 63 heavy (non-hydrogen) atoms. The fourth-order valence-electron chi connectivity index (χ4n) is 6.97. The van der Waals surface area contributed by atoms with Crippen LogP contribution in [0.1, 0.15) is 226 Å². The fourth-order valence-corrected chi connectivity index (χ4v) is 6.97. The third-order valence-electron chi connectivity index (χ3n) is 10.6. The van der Waals surface area contributed by atoms with E-state index in [-0.39, 0.29) is 80.5 Å². The molecular weight excluding hydrogens is 805 g/mol. The lowest BCUT2D eigenvalue weighted by Gasteiger charge is -2.16. The van der Waals surface area contributed by atoms with Crippen molar-refractivity contribution < 1.29 is 57.2 Å². The van der Waals surface area contributed by atoms with Gasteiger partial charge in [0, 0.05) is 58.5 Å². The number of methoxy groups -OCH3 is 1. The van der Waals surface area contributed by atoms with E-state index in [2.05, 4.69) is 38.2 Å². The maximum absolute atomic E-state index is 12.4. The van der Waals surface area contributed by atoms with Crippen molar-refractivity contribution in [1.29, 1.82) is 0 Å². The van der Waals surface area contributed by atoms with Crippen LogP contribution >= 0.6 is 0 Å². The fraction of sp³-hybridized carbons (Fsp3) is 0.804. The predicted molar refractivity (Wildman–Crippen MR) is 248 cm³/mol. The lowest BCUT2D eigenvalue weighted by Crippen LogP contribution is -2.18. The molecule has 2 unspecified atom stereocenters. The van der Waals surface area contributed by atoms with Gasteiger partial charge >= 0.3 is 29.8 Å². The number of hydrogen-bond donors (Lipinski definition) is 0. The molecule has 2 atom stereocenters. The Labute approximate surface area is 381 Å². The first kappa shape index (κ1) is 59.5. The summed E-state index contributed by atoms with van der Waals surface area (Å²) in [5, 5.41) is 0. The molecule has 0 radical (unpaired) electrons. The van der Waals surface area contributed by atoms with Gasteiger partial charge < -0.3 is 28.4 Å². The molecular formula is C51H88O12. The Morgan fingerprint density at radius 3 is 1.27 bits per heavy atom. The largest absolute Gasteiger partial charge is 0.466 e. The predicted octanol–water partition coefficient (Wildman–Crippen LogP) is 12.3. The van der Waals surface area contributed by atoms with Gasteiger partial charge in [0.05, 0.1) is 6.61 Å². The molecule has 0 fully saturated rings. The molecule has 0 N–H and O–H groups in total. The monoisotopic (exact) mass is 893 g/mol. The minimum Gasteiger partial charge on any atom is -0.466 e. The minimum atomic E-state index is -0.351. The van der Waals surface area contributed by atoms with Gasteiger partial charge in [-0.25, -0.2) is 0 Å². The number of ketones is 1. The highest BCUT2D eigenvalue weighted by atomic mass is 16.7. The summed E-state index contributed by atoms with van der Waals surface area (Å²) in [6, 6.07) is 0. The Balaban J connectivity index is 4.01. The molecule has 0 aliphatic carbocycles. The summed E-state index contributed by atoms with van der Waals surface area (Å²) in [6.07, 6.45) is 34.4. The highest BCUT2D eigenvalue weighted by Crippen LogP contribution is 2.17. The van der Waals surface area contributed by atoms with E-state index < -0.39 is 0 Å². The molecule has 12 nitrogen and oxygen atoms in total. The van der Waals surface area contributed by atoms with Crippen LogP contribution in [0.25, 0.3) is 0 Å². The average molecular weight is 893 g/mol. The summed E-state index contributed by atoms with van der Waals surface area (Å²) < 4.78 is 31.5. The third kappa shape index (κ3) is 42.2. The van der Waals surface area contributed by atoms with Crippen molar-refractivity contribution in [3.05, 3.63) is 24.3 Å². The van der Waals surface area contributed by atoms with E-state index in [1.807, 2.05) is 0 Å². The molecule has 364 valence electrons. The molecule has 0 spiro atoms. The number of carbonyl (C=O) groups is 6. The average Bonchev–Trinajstić information content (AvgIpc) is 3.25. The zero-order valence-corrected chi connectivity index (χ0v) is 40.1. The topological polar surface area (TPSA) is 158 Å². The van der Waals surface area contributed by atoms with Crippen LogP contribution in [0.3, 0.4) is 0 Å². The van der Waals surface area contributed by atoms with Gasteiger partial charge in [0.25, 0.3) is 0 Å². The SMILES string of the molecule is CCCCCCC(C/C=C\CCCCCCCC(=O)OCOC(=O)CCCCCCC/C=C\CC(CCCCCC)OC(=O)CCCC(=O)OCC)OC(=O)CCCC(=O)COC. The van der Waals surface area contributed by atoms with Gasteiger partial charge in [0.2, 0.25) is 6.79 Å². The van der Waals surface area contributed by atoms with E-state index in [9.17, 15) is 28.8 Å². The molecule has 0 aromatic rings. The highest BCUT2D eigenvalue weighted by molar-refractivity contribution is 5.80. The maximum atomic E-state index is 12.4. The van der Waals surface area contributed by atoms with Crippen LogP contribution in [0.15, 0.2) is 24.3 Å². The first-order valence-corrected chi connectivity index (χ1v) is 24.8. The highest BCUT2D eigenvalue weighted by Gasteiger charge is 2.16. The number of esters is 5. The van der Waals surface area contributed by atoms with Crippen LogP contribution in [0.5, 0.6) is 0 Å². The van der Waals surface area contributed by atoms with Crippen LogP contribution < -0.4 is 0 Å². The van der Waals surface area contributed by atoms with E-state index in [0.717, 1.165) is 128 Å². The molecule has 0 aliphatic heterocycles. The number of Topliss-reactive ketones (excluding diaryl/α,β-unsaturated/α-hetero) is 1. The lowest BCUT2D eigenvalue weighted by molar-refractivity contribution is -0.167. The van der Waals surface area contributed by atoms with Gasteiger partial charge in [0.1, 0.15) is 18.8 Å². The van der Waals surface area contributed by atoms with Gasteiger partial charge in [-0.05, 0) is 84.0 Å². The van der Waals surface area contributed by atoms with E-state index in [1.54, 1.807) is 6.92 Å². The van der Waals surface area contributed by atoms with Crippen molar-refractivity contribution in [1.82, 2.24) is 0 Å². The van der Waals surface area contributed by atoms with E-state index in [0.29, 0.717) is 51.6 Å². The first-order chi connectivity index (χ1) is 30.6. The molecule has 0 bridgehead atoms. The zero-order valence-electron chi connectivity index (χ0n) is 40.1. The number of ether oxygens (including phenoxy) is 6. The Hall–Kier alpha value is -3.54. The maximum Gasteiger partial charge on any atom is 0.308 e. The second kappa shape index (κ2) is 45.0. The Kier molecular flexibility index (Phi) is 42.5. The number of allylic oxidation sites excluding steroid dienone is 2. The van der Waals surface area contributed by atoms with Crippen molar-refractivity contribution >= 4 is 35.6 Å². The molecule has 0 aromatic heterocycles. The zero-order chi connectivity index (χ0) is 46.4. The molecule has 0 saturated carbocycles. The second-order valence-electron chi connectivity index (χ2n) is 16.6. The molecule has 0 aliphatic rings. The van der Waals surface area contributed by atoms with E-state index in [4.69, 9.17) is 28.4 Å². The van der Waals surface area contributed by atoms with Crippen LogP contribution in [-0.4, -0.2) is 75.0 Å². The number of hydrogen-bond acceptors (Lipinski definition) is 12. The quantitative estimate of drug-likeness (QED) is 0.0188. The standard InChI is InChI=1S/C51H88O12/c1-5-8-10-24-33-45(62-50(56)40-30-32-44(52)42-58-4)35-26-20-16-12-14-18-22-28-37-48(54)60-43-61-49(55)38-29-23-19-15-13-17-21-27-36-46(34-25-11-9-6-2)63-51(57)41-31-39-47(53)59-7-3/h20-21,26-27,45-46H,5-19,22-25,28-43H2,1-4H3/b26-20-,27-21-. The number of rotatable bonds is 45. The van der Waals surface area contributed by atoms with Gasteiger partial charge in [-0.2, -0.15) is 0 Å². The lowest BCUT2D eigenvalue weighted by atomic mass is 10.1. The smallest absolute Gasteiger partial charge is 0.308 e. The second-order valence-corrected chi connectivity index (χ2v) is 16.6. The molecule has 0 amide bonds.